The van der Waals surface area contributed by atoms with E-state index in [2.05, 4.69) is 33.9 Å². The molecule has 1 aromatic heterocycles. The van der Waals surface area contributed by atoms with Gasteiger partial charge in [-0.3, -0.25) is 0 Å². The Hall–Kier alpha value is -2.37. The summed E-state index contributed by atoms with van der Waals surface area (Å²) in [6.07, 6.45) is 1.37. The molecule has 0 spiro atoms. The van der Waals surface area contributed by atoms with Crippen LogP contribution in [0.4, 0.5) is 10.6 Å². The minimum atomic E-state index is -0.478. The van der Waals surface area contributed by atoms with E-state index in [1.807, 2.05) is 33.8 Å². The van der Waals surface area contributed by atoms with Gasteiger partial charge in [0.05, 0.1) is 5.52 Å². The number of nitrogens with zero attached hydrogens (tertiary/aromatic N) is 4. The Morgan fingerprint density at radius 3 is 2.68 bits per heavy atom. The van der Waals surface area contributed by atoms with Crippen molar-refractivity contribution in [3.63, 3.8) is 0 Å². The van der Waals surface area contributed by atoms with Crippen LogP contribution in [0.15, 0.2) is 24.5 Å². The normalized spacial score (nSPS) is 18.5. The van der Waals surface area contributed by atoms with Crippen LogP contribution in [0.5, 0.6) is 0 Å². The van der Waals surface area contributed by atoms with Crippen LogP contribution in [0.3, 0.4) is 0 Å². The third kappa shape index (κ3) is 3.67. The molecule has 134 valence electrons. The fourth-order valence-electron chi connectivity index (χ4n) is 3.22. The fraction of sp³-hybridized carbons (Fsp3) is 0.526. The lowest BCUT2D eigenvalue weighted by atomic mass is 10.1. The van der Waals surface area contributed by atoms with Gasteiger partial charge in [-0.05, 0) is 46.2 Å². The molecule has 1 aliphatic heterocycles. The summed E-state index contributed by atoms with van der Waals surface area (Å²) in [7, 11) is 0. The van der Waals surface area contributed by atoms with Crippen molar-refractivity contribution in [3.8, 4) is 0 Å². The number of carbonyl (C=O) groups excluding carboxylic acids is 1. The zero-order valence-corrected chi connectivity index (χ0v) is 15.6. The van der Waals surface area contributed by atoms with Crippen molar-refractivity contribution < 1.29 is 9.53 Å². The molecule has 0 radical (unpaired) electrons. The Bertz CT molecular complexity index is 785. The summed E-state index contributed by atoms with van der Waals surface area (Å²) in [4.78, 5) is 25.3. The summed E-state index contributed by atoms with van der Waals surface area (Å²) >= 11 is 0. The highest BCUT2D eigenvalue weighted by Gasteiger charge is 2.31. The molecule has 2 heterocycles. The molecule has 1 saturated heterocycles. The highest BCUT2D eigenvalue weighted by atomic mass is 16.6. The van der Waals surface area contributed by atoms with Gasteiger partial charge in [0.2, 0.25) is 0 Å². The number of hydrogen-bond donors (Lipinski definition) is 0. The lowest BCUT2D eigenvalue weighted by molar-refractivity contribution is 0.0159. The van der Waals surface area contributed by atoms with Crippen LogP contribution >= 0.6 is 0 Å². The molecule has 25 heavy (non-hydrogen) atoms. The van der Waals surface area contributed by atoms with Crippen LogP contribution in [-0.2, 0) is 4.74 Å². The van der Waals surface area contributed by atoms with E-state index >= 15 is 0 Å². The van der Waals surface area contributed by atoms with Crippen molar-refractivity contribution in [2.24, 2.45) is 0 Å². The number of benzene rings is 1. The van der Waals surface area contributed by atoms with Crippen LogP contribution in [0.2, 0.25) is 0 Å². The van der Waals surface area contributed by atoms with Gasteiger partial charge >= 0.3 is 6.09 Å². The van der Waals surface area contributed by atoms with Crippen LogP contribution in [0.1, 0.15) is 33.3 Å². The molecule has 6 nitrogen and oxygen atoms in total. The molecule has 0 aliphatic carbocycles. The average Bonchev–Trinajstić information content (AvgIpc) is 2.53. The first kappa shape index (κ1) is 17.5. The predicted molar refractivity (Wildman–Crippen MR) is 98.9 cm³/mol. The molecule has 0 bridgehead atoms. The number of hydrogen-bond acceptors (Lipinski definition) is 5. The van der Waals surface area contributed by atoms with Crippen molar-refractivity contribution in [2.75, 3.05) is 24.5 Å². The van der Waals surface area contributed by atoms with Crippen LogP contribution in [0.25, 0.3) is 10.9 Å². The lowest BCUT2D eigenvalue weighted by Gasteiger charge is -2.40. The smallest absolute Gasteiger partial charge is 0.410 e. The molecule has 0 unspecified atom stereocenters. The summed E-state index contributed by atoms with van der Waals surface area (Å²) in [6, 6.07) is 6.20. The summed E-state index contributed by atoms with van der Waals surface area (Å²) in [6.45, 7) is 11.8. The molecule has 0 saturated carbocycles. The van der Waals surface area contributed by atoms with Gasteiger partial charge in [0.1, 0.15) is 17.7 Å². The number of para-hydroxylation sites is 1. The number of carbonyl (C=O) groups is 1. The van der Waals surface area contributed by atoms with Gasteiger partial charge in [-0.2, -0.15) is 0 Å². The van der Waals surface area contributed by atoms with Gasteiger partial charge in [0.25, 0.3) is 0 Å². The minimum absolute atomic E-state index is 0.0541. The second-order valence-electron chi connectivity index (χ2n) is 7.64. The SMILES string of the molecule is Cc1cccc2c(N3CCN(C(=O)OC(C)(C)C)[C@H](C)C3)ncnc12. The molecule has 1 aliphatic rings. The molecule has 0 N–H and O–H groups in total. The zero-order chi connectivity index (χ0) is 18.2. The molecule has 6 heteroatoms. The van der Waals surface area contributed by atoms with Crippen LogP contribution < -0.4 is 4.90 Å². The van der Waals surface area contributed by atoms with E-state index in [9.17, 15) is 4.79 Å². The highest BCUT2D eigenvalue weighted by molar-refractivity contribution is 5.91. The van der Waals surface area contributed by atoms with Gasteiger partial charge in [-0.1, -0.05) is 12.1 Å². The average molecular weight is 342 g/mol. The van der Waals surface area contributed by atoms with Gasteiger partial charge in [-0.15, -0.1) is 0 Å². The number of aromatic nitrogens is 2. The summed E-state index contributed by atoms with van der Waals surface area (Å²) in [5, 5.41) is 1.06. The van der Waals surface area contributed by atoms with E-state index in [-0.39, 0.29) is 12.1 Å². The minimum Gasteiger partial charge on any atom is -0.444 e. The summed E-state index contributed by atoms with van der Waals surface area (Å²) in [5.74, 6) is 0.935. The number of aryl methyl sites for hydroxylation is 1. The summed E-state index contributed by atoms with van der Waals surface area (Å²) in [5.41, 5.74) is 1.64. The van der Waals surface area contributed by atoms with Crippen molar-refractivity contribution in [1.29, 1.82) is 0 Å². The first-order valence-corrected chi connectivity index (χ1v) is 8.71. The van der Waals surface area contributed by atoms with Gasteiger partial charge < -0.3 is 14.5 Å². The largest absolute Gasteiger partial charge is 0.444 e. The second-order valence-corrected chi connectivity index (χ2v) is 7.64. The molecular formula is C19H26N4O2. The quantitative estimate of drug-likeness (QED) is 0.795. The van der Waals surface area contributed by atoms with Crippen molar-refractivity contribution in [2.45, 2.75) is 46.3 Å². The van der Waals surface area contributed by atoms with Crippen molar-refractivity contribution >= 4 is 22.8 Å². The Morgan fingerprint density at radius 2 is 2.00 bits per heavy atom. The molecular weight excluding hydrogens is 316 g/mol. The Kier molecular flexibility index (Phi) is 4.54. The molecule has 3 rings (SSSR count). The van der Waals surface area contributed by atoms with Crippen molar-refractivity contribution in [1.82, 2.24) is 14.9 Å². The molecule has 1 amide bonds. The Labute approximate surface area is 148 Å². The maximum Gasteiger partial charge on any atom is 0.410 e. The van der Waals surface area contributed by atoms with Gasteiger partial charge in [-0.25, -0.2) is 14.8 Å². The van der Waals surface area contributed by atoms with Gasteiger partial charge in [0.15, 0.2) is 0 Å². The second kappa shape index (κ2) is 6.50. The highest BCUT2D eigenvalue weighted by Crippen LogP contribution is 2.27. The van der Waals surface area contributed by atoms with E-state index in [1.54, 1.807) is 11.2 Å². The monoisotopic (exact) mass is 342 g/mol. The third-order valence-corrected chi connectivity index (χ3v) is 4.40. The number of piperazine rings is 1. The fourth-order valence-corrected chi connectivity index (χ4v) is 3.22. The standard InChI is InChI=1S/C19H26N4O2/c1-13-7-6-8-15-16(13)20-12-21-17(15)22-9-10-23(14(2)11-22)18(24)25-19(3,4)5/h6-8,12,14H,9-11H2,1-5H3/t14-/m1/s1. The number of anilines is 1. The first-order valence-electron chi connectivity index (χ1n) is 8.71. The number of fused-ring (bicyclic) bond motifs is 1. The number of ether oxygens (including phenoxy) is 1. The maximum absolute atomic E-state index is 12.4. The molecule has 2 aromatic rings. The molecule has 1 aromatic carbocycles. The van der Waals surface area contributed by atoms with E-state index in [0.717, 1.165) is 35.4 Å². The number of rotatable bonds is 1. The number of amides is 1. The lowest BCUT2D eigenvalue weighted by Crippen LogP contribution is -2.55. The Morgan fingerprint density at radius 1 is 1.24 bits per heavy atom. The van der Waals surface area contributed by atoms with Crippen LogP contribution in [0, 0.1) is 6.92 Å². The van der Waals surface area contributed by atoms with Gasteiger partial charge in [0, 0.05) is 31.1 Å². The molecule has 1 fully saturated rings. The summed E-state index contributed by atoms with van der Waals surface area (Å²) < 4.78 is 5.52. The van der Waals surface area contributed by atoms with E-state index in [0.29, 0.717) is 6.54 Å². The first-order chi connectivity index (χ1) is 11.8. The van der Waals surface area contributed by atoms with Crippen molar-refractivity contribution in [3.05, 3.63) is 30.1 Å². The van der Waals surface area contributed by atoms with E-state index in [4.69, 9.17) is 4.74 Å². The maximum atomic E-state index is 12.4. The zero-order valence-electron chi connectivity index (χ0n) is 15.6. The molecule has 1 atom stereocenters. The van der Waals surface area contributed by atoms with E-state index in [1.165, 1.54) is 0 Å². The predicted octanol–water partition coefficient (Wildman–Crippen LogP) is 3.38. The van der Waals surface area contributed by atoms with Crippen LogP contribution in [-0.4, -0.2) is 52.2 Å². The topological polar surface area (TPSA) is 58.6 Å². The van der Waals surface area contributed by atoms with E-state index < -0.39 is 5.60 Å². The Balaban J connectivity index is 1.80. The third-order valence-electron chi connectivity index (χ3n) is 4.40.